The van der Waals surface area contributed by atoms with Crippen molar-refractivity contribution in [3.05, 3.63) is 24.0 Å². The van der Waals surface area contributed by atoms with Gasteiger partial charge in [-0.2, -0.15) is 5.26 Å². The Balaban J connectivity index is 2.84. The van der Waals surface area contributed by atoms with E-state index in [4.69, 9.17) is 10.00 Å². The fourth-order valence-electron chi connectivity index (χ4n) is 1.53. The zero-order chi connectivity index (χ0) is 15.2. The number of hydrogen-bond donors (Lipinski definition) is 1. The van der Waals surface area contributed by atoms with Crippen LogP contribution in [0.25, 0.3) is 0 Å². The minimum atomic E-state index is -3.74. The molecule has 1 heterocycles. The summed E-state index contributed by atoms with van der Waals surface area (Å²) in [6.45, 7) is 4.72. The first-order valence-corrected chi connectivity index (χ1v) is 7.64. The van der Waals surface area contributed by atoms with Gasteiger partial charge in [0.2, 0.25) is 10.0 Å². The van der Waals surface area contributed by atoms with Crippen LogP contribution in [0.4, 0.5) is 0 Å². The molecule has 20 heavy (non-hydrogen) atoms. The van der Waals surface area contributed by atoms with E-state index in [1.807, 2.05) is 13.8 Å². The van der Waals surface area contributed by atoms with Crippen LogP contribution < -0.4 is 4.72 Å². The standard InChI is InChI=1S/C13H19N3O3S/c1-13(2,6-8-19-3)10-16-20(17,18)12-5-4-7-15-11(12)9-14/h4-5,7,16H,6,8,10H2,1-3H3. The summed E-state index contributed by atoms with van der Waals surface area (Å²) < 4.78 is 31.9. The first-order valence-electron chi connectivity index (χ1n) is 6.16. The molecule has 0 bridgehead atoms. The SMILES string of the molecule is COCCC(C)(C)CNS(=O)(=O)c1cccnc1C#N. The molecule has 0 spiro atoms. The zero-order valence-corrected chi connectivity index (χ0v) is 12.7. The van der Waals surface area contributed by atoms with Crippen molar-refractivity contribution in [1.29, 1.82) is 5.26 Å². The maximum atomic E-state index is 12.2. The Kier molecular flexibility index (Phi) is 5.62. The summed E-state index contributed by atoms with van der Waals surface area (Å²) in [6.07, 6.45) is 2.12. The Bertz CT molecular complexity index is 591. The van der Waals surface area contributed by atoms with Gasteiger partial charge < -0.3 is 4.74 Å². The molecular formula is C13H19N3O3S. The van der Waals surface area contributed by atoms with Crippen LogP contribution in [0.2, 0.25) is 0 Å². The van der Waals surface area contributed by atoms with Gasteiger partial charge in [0.05, 0.1) is 0 Å². The molecule has 6 nitrogen and oxygen atoms in total. The van der Waals surface area contributed by atoms with E-state index in [1.165, 1.54) is 18.3 Å². The predicted molar refractivity (Wildman–Crippen MR) is 74.4 cm³/mol. The summed E-state index contributed by atoms with van der Waals surface area (Å²) in [6, 6.07) is 4.65. The van der Waals surface area contributed by atoms with Crippen LogP contribution in [0.15, 0.2) is 23.2 Å². The molecule has 0 atom stereocenters. The highest BCUT2D eigenvalue weighted by atomic mass is 32.2. The lowest BCUT2D eigenvalue weighted by molar-refractivity contribution is 0.153. The van der Waals surface area contributed by atoms with Gasteiger partial charge in [-0.3, -0.25) is 0 Å². The summed E-state index contributed by atoms with van der Waals surface area (Å²) in [4.78, 5) is 3.66. The number of hydrogen-bond acceptors (Lipinski definition) is 5. The van der Waals surface area contributed by atoms with Gasteiger partial charge in [-0.15, -0.1) is 0 Å². The smallest absolute Gasteiger partial charge is 0.243 e. The van der Waals surface area contributed by atoms with E-state index in [-0.39, 0.29) is 22.5 Å². The van der Waals surface area contributed by atoms with E-state index >= 15 is 0 Å². The number of aromatic nitrogens is 1. The molecule has 0 saturated heterocycles. The third-order valence-electron chi connectivity index (χ3n) is 2.89. The van der Waals surface area contributed by atoms with Crippen LogP contribution in [-0.4, -0.2) is 33.7 Å². The summed E-state index contributed by atoms with van der Waals surface area (Å²) in [5, 5.41) is 8.90. The third-order valence-corrected chi connectivity index (χ3v) is 4.32. The minimum Gasteiger partial charge on any atom is -0.385 e. The van der Waals surface area contributed by atoms with E-state index in [0.717, 1.165) is 6.42 Å². The highest BCUT2D eigenvalue weighted by Crippen LogP contribution is 2.20. The molecule has 0 aliphatic rings. The molecule has 0 unspecified atom stereocenters. The second kappa shape index (κ2) is 6.79. The molecule has 0 aromatic carbocycles. The van der Waals surface area contributed by atoms with E-state index in [9.17, 15) is 8.42 Å². The van der Waals surface area contributed by atoms with Crippen LogP contribution in [0.1, 0.15) is 26.0 Å². The molecule has 1 N–H and O–H groups in total. The molecule has 1 aromatic heterocycles. The minimum absolute atomic E-state index is 0.0926. The quantitative estimate of drug-likeness (QED) is 0.818. The number of nitrogens with one attached hydrogen (secondary N) is 1. The van der Waals surface area contributed by atoms with E-state index < -0.39 is 10.0 Å². The van der Waals surface area contributed by atoms with Crippen LogP contribution in [0.3, 0.4) is 0 Å². The number of methoxy groups -OCH3 is 1. The monoisotopic (exact) mass is 297 g/mol. The number of rotatable bonds is 7. The Labute approximate surface area is 119 Å². The topological polar surface area (TPSA) is 92.1 Å². The Morgan fingerprint density at radius 1 is 1.50 bits per heavy atom. The molecular weight excluding hydrogens is 278 g/mol. The van der Waals surface area contributed by atoms with Crippen molar-refractivity contribution in [2.75, 3.05) is 20.3 Å². The lowest BCUT2D eigenvalue weighted by Crippen LogP contribution is -2.35. The number of pyridine rings is 1. The number of sulfonamides is 1. The summed E-state index contributed by atoms with van der Waals surface area (Å²) in [5.41, 5.74) is -0.340. The van der Waals surface area contributed by atoms with Crippen molar-refractivity contribution in [2.24, 2.45) is 5.41 Å². The van der Waals surface area contributed by atoms with Gasteiger partial charge >= 0.3 is 0 Å². The van der Waals surface area contributed by atoms with Crippen LogP contribution in [0.5, 0.6) is 0 Å². The lowest BCUT2D eigenvalue weighted by Gasteiger charge is -2.24. The van der Waals surface area contributed by atoms with Crippen LogP contribution in [-0.2, 0) is 14.8 Å². The molecule has 0 amide bonds. The third kappa shape index (κ3) is 4.56. The van der Waals surface area contributed by atoms with Crippen molar-refractivity contribution >= 4 is 10.0 Å². The van der Waals surface area contributed by atoms with Crippen molar-refractivity contribution in [2.45, 2.75) is 25.2 Å². The van der Waals surface area contributed by atoms with Gasteiger partial charge in [-0.25, -0.2) is 18.1 Å². The van der Waals surface area contributed by atoms with Gasteiger partial charge in [0, 0.05) is 26.5 Å². The molecule has 1 rings (SSSR count). The normalized spacial score (nSPS) is 12.1. The van der Waals surface area contributed by atoms with E-state index in [0.29, 0.717) is 6.61 Å². The lowest BCUT2D eigenvalue weighted by atomic mass is 9.90. The van der Waals surface area contributed by atoms with Crippen LogP contribution in [0, 0.1) is 16.7 Å². The van der Waals surface area contributed by atoms with Crippen molar-refractivity contribution in [1.82, 2.24) is 9.71 Å². The molecule has 0 fully saturated rings. The number of ether oxygens (including phenoxy) is 1. The Hall–Kier alpha value is -1.49. The maximum Gasteiger partial charge on any atom is 0.243 e. The summed E-state index contributed by atoms with van der Waals surface area (Å²) >= 11 is 0. The van der Waals surface area contributed by atoms with Gasteiger partial charge in [0.1, 0.15) is 11.0 Å². The van der Waals surface area contributed by atoms with Crippen molar-refractivity contribution in [3.63, 3.8) is 0 Å². The Morgan fingerprint density at radius 3 is 2.80 bits per heavy atom. The van der Waals surface area contributed by atoms with E-state index in [2.05, 4.69) is 9.71 Å². The molecule has 0 saturated carbocycles. The van der Waals surface area contributed by atoms with Crippen LogP contribution >= 0.6 is 0 Å². The second-order valence-corrected chi connectivity index (χ2v) is 6.93. The highest BCUT2D eigenvalue weighted by Gasteiger charge is 2.24. The Morgan fingerprint density at radius 2 is 2.20 bits per heavy atom. The molecule has 0 aliphatic carbocycles. The molecule has 110 valence electrons. The van der Waals surface area contributed by atoms with Crippen molar-refractivity contribution in [3.8, 4) is 6.07 Å². The van der Waals surface area contributed by atoms with Crippen molar-refractivity contribution < 1.29 is 13.2 Å². The first-order chi connectivity index (χ1) is 9.32. The maximum absolute atomic E-state index is 12.2. The number of nitriles is 1. The predicted octanol–water partition coefficient (Wildman–Crippen LogP) is 1.29. The van der Waals surface area contributed by atoms with Gasteiger partial charge in [-0.1, -0.05) is 13.8 Å². The fourth-order valence-corrected chi connectivity index (χ4v) is 2.87. The molecule has 7 heteroatoms. The average molecular weight is 297 g/mol. The molecule has 0 aliphatic heterocycles. The largest absolute Gasteiger partial charge is 0.385 e. The van der Waals surface area contributed by atoms with Gasteiger partial charge in [0.25, 0.3) is 0 Å². The molecule has 0 radical (unpaired) electrons. The zero-order valence-electron chi connectivity index (χ0n) is 11.9. The fraction of sp³-hybridized carbons (Fsp3) is 0.538. The first kappa shape index (κ1) is 16.6. The van der Waals surface area contributed by atoms with Gasteiger partial charge in [-0.05, 0) is 24.0 Å². The number of nitrogens with zero attached hydrogens (tertiary/aromatic N) is 2. The molecule has 1 aromatic rings. The summed E-state index contributed by atoms with van der Waals surface area (Å²) in [5.74, 6) is 0. The van der Waals surface area contributed by atoms with E-state index in [1.54, 1.807) is 13.2 Å². The second-order valence-electron chi connectivity index (χ2n) is 5.19. The van der Waals surface area contributed by atoms with Gasteiger partial charge in [0.15, 0.2) is 5.69 Å². The summed E-state index contributed by atoms with van der Waals surface area (Å²) in [7, 11) is -2.13. The average Bonchev–Trinajstić information content (AvgIpc) is 2.43. The highest BCUT2D eigenvalue weighted by molar-refractivity contribution is 7.89.